The molecule has 1 fully saturated rings. The third kappa shape index (κ3) is 3.47. The molecule has 0 spiro atoms. The lowest BCUT2D eigenvalue weighted by Gasteiger charge is -2.34. The summed E-state index contributed by atoms with van der Waals surface area (Å²) < 4.78 is 0. The molecule has 1 aliphatic heterocycles. The van der Waals surface area contributed by atoms with E-state index in [0.717, 1.165) is 0 Å². The zero-order valence-corrected chi connectivity index (χ0v) is 11.5. The highest BCUT2D eigenvalue weighted by atomic mass is 16.4. The smallest absolute Gasteiger partial charge is 0.322 e. The maximum atomic E-state index is 12.3. The maximum absolute atomic E-state index is 12.3. The van der Waals surface area contributed by atoms with Crippen LogP contribution in [0.5, 0.6) is 0 Å². The first-order chi connectivity index (χ1) is 9.99. The predicted octanol–water partition coefficient (Wildman–Crippen LogP) is 0.197. The third-order valence-corrected chi connectivity index (χ3v) is 3.21. The number of carbonyl (C=O) groups excluding carboxylic acids is 2. The summed E-state index contributed by atoms with van der Waals surface area (Å²) in [5.74, 6) is -1.59. The largest absolute Gasteiger partial charge is 0.481 e. The first-order valence-electron chi connectivity index (χ1n) is 6.48. The Hall–Kier alpha value is -2.64. The lowest BCUT2D eigenvalue weighted by Crippen LogP contribution is -2.58. The molecule has 1 aliphatic rings. The minimum absolute atomic E-state index is 0.259. The number of urea groups is 1. The molecule has 1 saturated heterocycles. The summed E-state index contributed by atoms with van der Waals surface area (Å²) in [5, 5.41) is 14.1. The van der Waals surface area contributed by atoms with E-state index in [9.17, 15) is 14.4 Å². The molecule has 3 N–H and O–H groups in total. The van der Waals surface area contributed by atoms with Crippen LogP contribution >= 0.6 is 0 Å². The number of carbonyl (C=O) groups is 3. The number of hydrogen-bond acceptors (Lipinski definition) is 4. The Morgan fingerprint density at radius 1 is 1.57 bits per heavy atom. The van der Waals surface area contributed by atoms with Gasteiger partial charge in [0.05, 0.1) is 17.8 Å². The van der Waals surface area contributed by atoms with E-state index in [1.165, 1.54) is 4.90 Å². The topological polar surface area (TPSA) is 112 Å². The zero-order valence-electron chi connectivity index (χ0n) is 11.5. The molecule has 0 saturated carbocycles. The van der Waals surface area contributed by atoms with Crippen molar-refractivity contribution in [3.63, 3.8) is 0 Å². The summed E-state index contributed by atoms with van der Waals surface area (Å²) in [7, 11) is 0. The number of rotatable bonds is 3. The van der Waals surface area contributed by atoms with Gasteiger partial charge in [0.15, 0.2) is 0 Å². The minimum Gasteiger partial charge on any atom is -0.481 e. The van der Waals surface area contributed by atoms with E-state index in [0.29, 0.717) is 17.9 Å². The van der Waals surface area contributed by atoms with Crippen molar-refractivity contribution in [3.8, 4) is 0 Å². The number of aliphatic carboxylic acids is 1. The van der Waals surface area contributed by atoms with Crippen LogP contribution in [0.3, 0.4) is 0 Å². The molecule has 2 heterocycles. The highest BCUT2D eigenvalue weighted by Crippen LogP contribution is 2.15. The predicted molar refractivity (Wildman–Crippen MR) is 73.7 cm³/mol. The number of aromatic nitrogens is 1. The standard InChI is InChI=1S/C13H16N4O4/c1-8-9(3-2-4-14-8)16-13(21)17-6-5-15-12(20)10(17)7-11(18)19/h2-4,10H,5-7H2,1H3,(H,15,20)(H,16,21)(H,18,19). The van der Waals surface area contributed by atoms with Gasteiger partial charge in [0.25, 0.3) is 0 Å². The van der Waals surface area contributed by atoms with E-state index in [2.05, 4.69) is 15.6 Å². The minimum atomic E-state index is -1.13. The number of carboxylic acids is 1. The second kappa shape index (κ2) is 6.21. The number of hydrogen-bond donors (Lipinski definition) is 3. The zero-order chi connectivity index (χ0) is 15.4. The van der Waals surface area contributed by atoms with Gasteiger partial charge in [-0.2, -0.15) is 0 Å². The molecular weight excluding hydrogens is 276 g/mol. The Balaban J connectivity index is 2.14. The van der Waals surface area contributed by atoms with Crippen molar-refractivity contribution in [2.45, 2.75) is 19.4 Å². The van der Waals surface area contributed by atoms with Crippen LogP contribution in [0.25, 0.3) is 0 Å². The fraction of sp³-hybridized carbons (Fsp3) is 0.385. The van der Waals surface area contributed by atoms with Crippen LogP contribution in [0.1, 0.15) is 12.1 Å². The molecule has 21 heavy (non-hydrogen) atoms. The van der Waals surface area contributed by atoms with Gasteiger partial charge in [-0.25, -0.2) is 4.79 Å². The van der Waals surface area contributed by atoms with Crippen molar-refractivity contribution in [2.24, 2.45) is 0 Å². The van der Waals surface area contributed by atoms with Crippen LogP contribution in [-0.2, 0) is 9.59 Å². The Bertz CT molecular complexity index is 575. The maximum Gasteiger partial charge on any atom is 0.322 e. The molecule has 1 unspecified atom stereocenters. The van der Waals surface area contributed by atoms with Crippen molar-refractivity contribution in [2.75, 3.05) is 18.4 Å². The average Bonchev–Trinajstić information content (AvgIpc) is 2.43. The Labute approximate surface area is 121 Å². The van der Waals surface area contributed by atoms with Gasteiger partial charge in [0, 0.05) is 19.3 Å². The molecule has 112 valence electrons. The van der Waals surface area contributed by atoms with E-state index < -0.39 is 30.4 Å². The van der Waals surface area contributed by atoms with Gasteiger partial charge < -0.3 is 20.6 Å². The average molecular weight is 292 g/mol. The van der Waals surface area contributed by atoms with E-state index in [4.69, 9.17) is 5.11 Å². The lowest BCUT2D eigenvalue weighted by molar-refractivity contribution is -0.142. The summed E-state index contributed by atoms with van der Waals surface area (Å²) in [5.41, 5.74) is 1.17. The molecule has 0 aromatic carbocycles. The van der Waals surface area contributed by atoms with Gasteiger partial charge in [-0.15, -0.1) is 0 Å². The summed E-state index contributed by atoms with van der Waals surface area (Å²) >= 11 is 0. The Kier molecular flexibility index (Phi) is 4.36. The van der Waals surface area contributed by atoms with Crippen molar-refractivity contribution >= 4 is 23.6 Å². The monoisotopic (exact) mass is 292 g/mol. The highest BCUT2D eigenvalue weighted by Gasteiger charge is 2.34. The number of amides is 3. The van der Waals surface area contributed by atoms with Crippen molar-refractivity contribution in [1.82, 2.24) is 15.2 Å². The first kappa shape index (κ1) is 14.8. The SMILES string of the molecule is Cc1ncccc1NC(=O)N1CCNC(=O)C1CC(=O)O. The first-order valence-corrected chi connectivity index (χ1v) is 6.48. The van der Waals surface area contributed by atoms with E-state index in [1.807, 2.05) is 0 Å². The summed E-state index contributed by atoms with van der Waals surface area (Å²) in [4.78, 5) is 40.2. The number of nitrogens with zero attached hydrogens (tertiary/aromatic N) is 2. The van der Waals surface area contributed by atoms with Crippen LogP contribution in [0.4, 0.5) is 10.5 Å². The van der Waals surface area contributed by atoms with Crippen LogP contribution in [0.15, 0.2) is 18.3 Å². The van der Waals surface area contributed by atoms with Crippen LogP contribution in [0, 0.1) is 6.92 Å². The van der Waals surface area contributed by atoms with Gasteiger partial charge >= 0.3 is 12.0 Å². The van der Waals surface area contributed by atoms with E-state index >= 15 is 0 Å². The second-order valence-corrected chi connectivity index (χ2v) is 4.66. The van der Waals surface area contributed by atoms with Gasteiger partial charge in [-0.05, 0) is 19.1 Å². The fourth-order valence-electron chi connectivity index (χ4n) is 2.13. The molecule has 1 aromatic rings. The molecule has 8 heteroatoms. The summed E-state index contributed by atoms with van der Waals surface area (Å²) in [6, 6.07) is 1.86. The number of aryl methyl sites for hydroxylation is 1. The number of nitrogens with one attached hydrogen (secondary N) is 2. The third-order valence-electron chi connectivity index (χ3n) is 3.21. The lowest BCUT2D eigenvalue weighted by atomic mass is 10.1. The highest BCUT2D eigenvalue weighted by molar-refractivity contribution is 5.96. The van der Waals surface area contributed by atoms with Gasteiger partial charge in [0.2, 0.25) is 5.91 Å². The van der Waals surface area contributed by atoms with Crippen LogP contribution < -0.4 is 10.6 Å². The van der Waals surface area contributed by atoms with Crippen molar-refractivity contribution in [1.29, 1.82) is 0 Å². The van der Waals surface area contributed by atoms with Crippen molar-refractivity contribution < 1.29 is 19.5 Å². The molecule has 1 aromatic heterocycles. The fourth-order valence-corrected chi connectivity index (χ4v) is 2.13. The summed E-state index contributed by atoms with van der Waals surface area (Å²) in [6.45, 7) is 2.30. The summed E-state index contributed by atoms with van der Waals surface area (Å²) in [6.07, 6.45) is 1.18. The van der Waals surface area contributed by atoms with Crippen LogP contribution in [0.2, 0.25) is 0 Å². The number of carboxylic acid groups (broad SMARTS) is 1. The molecule has 0 aliphatic carbocycles. The normalized spacial score (nSPS) is 18.0. The van der Waals surface area contributed by atoms with Gasteiger partial charge in [0.1, 0.15) is 6.04 Å². The molecular formula is C13H16N4O4. The molecule has 0 radical (unpaired) electrons. The number of pyridine rings is 1. The van der Waals surface area contributed by atoms with E-state index in [-0.39, 0.29) is 6.54 Å². The molecule has 1 atom stereocenters. The number of anilines is 1. The van der Waals surface area contributed by atoms with Gasteiger partial charge in [-0.3, -0.25) is 14.6 Å². The second-order valence-electron chi connectivity index (χ2n) is 4.66. The van der Waals surface area contributed by atoms with E-state index in [1.54, 1.807) is 25.3 Å². The quantitative estimate of drug-likeness (QED) is 0.736. The van der Waals surface area contributed by atoms with Crippen molar-refractivity contribution in [3.05, 3.63) is 24.0 Å². The Morgan fingerprint density at radius 2 is 2.33 bits per heavy atom. The molecule has 3 amide bonds. The van der Waals surface area contributed by atoms with Gasteiger partial charge in [-0.1, -0.05) is 0 Å². The molecule has 8 nitrogen and oxygen atoms in total. The Morgan fingerprint density at radius 3 is 3.00 bits per heavy atom. The molecule has 2 rings (SSSR count). The molecule has 0 bridgehead atoms. The number of piperazine rings is 1. The van der Waals surface area contributed by atoms with Crippen LogP contribution in [-0.4, -0.2) is 52.0 Å².